The third-order valence-corrected chi connectivity index (χ3v) is 2.01. The van der Waals surface area contributed by atoms with E-state index >= 15 is 0 Å². The highest BCUT2D eigenvalue weighted by molar-refractivity contribution is 6.41. The molecule has 2 aliphatic rings. The Kier molecular flexibility index (Phi) is 2.35. The largest absolute Gasteiger partial charge is 0.378 e. The van der Waals surface area contributed by atoms with E-state index in [9.17, 15) is 4.79 Å². The van der Waals surface area contributed by atoms with E-state index in [0.717, 1.165) is 13.1 Å². The van der Waals surface area contributed by atoms with E-state index in [-0.39, 0.29) is 12.3 Å². The van der Waals surface area contributed by atoms with Gasteiger partial charge in [0, 0.05) is 13.1 Å². The van der Waals surface area contributed by atoms with E-state index in [1.807, 2.05) is 4.90 Å². The number of morpholine rings is 1. The van der Waals surface area contributed by atoms with Crippen LogP contribution in [0.25, 0.3) is 0 Å². The number of ketones is 1. The molecule has 1 fully saturated rings. The second-order valence-electron chi connectivity index (χ2n) is 2.87. The number of ether oxygens (including phenoxy) is 1. The smallest absolute Gasteiger partial charge is 0.219 e. The van der Waals surface area contributed by atoms with Crippen LogP contribution in [0.5, 0.6) is 0 Å². The molecule has 0 atom stereocenters. The van der Waals surface area contributed by atoms with Gasteiger partial charge in [-0.05, 0) is 0 Å². The van der Waals surface area contributed by atoms with Crippen molar-refractivity contribution in [1.82, 2.24) is 4.90 Å². The Hall–Kier alpha value is -1.23. The Morgan fingerprint density at radius 1 is 1.38 bits per heavy atom. The third kappa shape index (κ3) is 1.75. The van der Waals surface area contributed by atoms with Crippen LogP contribution in [0.3, 0.4) is 0 Å². The van der Waals surface area contributed by atoms with Crippen molar-refractivity contribution in [2.45, 2.75) is 0 Å². The molecule has 1 radical (unpaired) electrons. The number of carbonyl (C=O) groups is 1. The van der Waals surface area contributed by atoms with Gasteiger partial charge >= 0.3 is 0 Å². The molecule has 0 spiro atoms. The van der Waals surface area contributed by atoms with Crippen molar-refractivity contribution in [3.05, 3.63) is 0 Å². The number of amidine groups is 1. The molecule has 0 aromatic carbocycles. The van der Waals surface area contributed by atoms with Gasteiger partial charge in [-0.25, -0.2) is 4.99 Å². The molecule has 2 heterocycles. The molecule has 0 aliphatic carbocycles. The zero-order valence-corrected chi connectivity index (χ0v) is 7.19. The summed E-state index contributed by atoms with van der Waals surface area (Å²) in [6, 6.07) is 0. The van der Waals surface area contributed by atoms with Crippen LogP contribution in [0, 0.1) is 0 Å². The molecule has 5 nitrogen and oxygen atoms in total. The third-order valence-electron chi connectivity index (χ3n) is 2.01. The molecule has 5 heteroatoms. The van der Waals surface area contributed by atoms with Crippen LogP contribution in [-0.4, -0.2) is 55.7 Å². The van der Waals surface area contributed by atoms with Crippen molar-refractivity contribution in [1.29, 1.82) is 0 Å². The van der Waals surface area contributed by atoms with E-state index in [4.69, 9.17) is 4.74 Å². The molecule has 0 amide bonds. The van der Waals surface area contributed by atoms with Crippen molar-refractivity contribution in [3.63, 3.8) is 0 Å². The summed E-state index contributed by atoms with van der Waals surface area (Å²) in [6.45, 7) is 2.95. The van der Waals surface area contributed by atoms with Gasteiger partial charge in [-0.3, -0.25) is 9.79 Å². The molecule has 0 saturated carbocycles. The Labute approximate surface area is 76.1 Å². The molecule has 0 aromatic heterocycles. The summed E-state index contributed by atoms with van der Waals surface area (Å²) in [7, 11) is 0. The minimum atomic E-state index is -0.0272. The number of nitrogens with zero attached hydrogens (tertiary/aromatic N) is 3. The molecule has 2 rings (SSSR count). The number of aliphatic imine (C=N–C) groups is 2. The summed E-state index contributed by atoms with van der Waals surface area (Å²) in [4.78, 5) is 20.8. The maximum atomic E-state index is 11.3. The average Bonchev–Trinajstić information content (AvgIpc) is 2.20. The Morgan fingerprint density at radius 3 is 2.85 bits per heavy atom. The van der Waals surface area contributed by atoms with Gasteiger partial charge in [0.25, 0.3) is 0 Å². The fourth-order valence-electron chi connectivity index (χ4n) is 1.35. The quantitative estimate of drug-likeness (QED) is 0.490. The zero-order chi connectivity index (χ0) is 9.10. The number of hydrogen-bond donors (Lipinski definition) is 0. The van der Waals surface area contributed by atoms with Crippen LogP contribution < -0.4 is 0 Å². The maximum absolute atomic E-state index is 11.3. The molecule has 13 heavy (non-hydrogen) atoms. The van der Waals surface area contributed by atoms with Crippen molar-refractivity contribution in [2.24, 2.45) is 9.98 Å². The molecule has 0 aromatic rings. The standard InChI is InChI=1S/C8H10N3O2/c12-7-5-9-6-10-8(7)11-1-3-13-4-2-11/h1-5H2. The topological polar surface area (TPSA) is 54.3 Å². The van der Waals surface area contributed by atoms with Gasteiger partial charge in [0.15, 0.2) is 12.2 Å². The van der Waals surface area contributed by atoms with Crippen LogP contribution >= 0.6 is 0 Å². The highest BCUT2D eigenvalue weighted by atomic mass is 16.5. The number of rotatable bonds is 0. The number of Topliss-reactive ketones (excluding diaryl/α,β-unsaturated/α-hetero) is 1. The van der Waals surface area contributed by atoms with E-state index in [1.54, 1.807) is 0 Å². The normalized spacial score (nSPS) is 23.2. The average molecular weight is 180 g/mol. The zero-order valence-electron chi connectivity index (χ0n) is 7.19. The highest BCUT2D eigenvalue weighted by Crippen LogP contribution is 2.02. The number of hydrogen-bond acceptors (Lipinski definition) is 5. The van der Waals surface area contributed by atoms with Gasteiger partial charge in [-0.1, -0.05) is 0 Å². The summed E-state index contributed by atoms with van der Waals surface area (Å²) in [5.74, 6) is 0.457. The van der Waals surface area contributed by atoms with Crippen LogP contribution in [0.2, 0.25) is 0 Å². The lowest BCUT2D eigenvalue weighted by molar-refractivity contribution is -0.112. The first kappa shape index (κ1) is 8.37. The minimum absolute atomic E-state index is 0.0272. The molecule has 0 unspecified atom stereocenters. The van der Waals surface area contributed by atoms with Crippen LogP contribution in [0.15, 0.2) is 9.98 Å². The van der Waals surface area contributed by atoms with Crippen LogP contribution in [0.4, 0.5) is 0 Å². The van der Waals surface area contributed by atoms with Gasteiger partial charge in [-0.2, -0.15) is 0 Å². The molecular weight excluding hydrogens is 170 g/mol. The van der Waals surface area contributed by atoms with E-state index < -0.39 is 0 Å². The van der Waals surface area contributed by atoms with Gasteiger partial charge in [-0.15, -0.1) is 0 Å². The molecule has 0 bridgehead atoms. The number of carbonyl (C=O) groups excluding carboxylic acids is 1. The fraction of sp³-hybridized carbons (Fsp3) is 0.625. The fourth-order valence-corrected chi connectivity index (χ4v) is 1.35. The molecular formula is C8H10N3O2. The summed E-state index contributed by atoms with van der Waals surface area (Å²) in [5.41, 5.74) is 0. The van der Waals surface area contributed by atoms with Gasteiger partial charge in [0.05, 0.1) is 13.2 Å². The molecule has 1 saturated heterocycles. The first-order valence-electron chi connectivity index (χ1n) is 4.23. The lowest BCUT2D eigenvalue weighted by Crippen LogP contribution is -2.45. The lowest BCUT2D eigenvalue weighted by atomic mass is 10.3. The van der Waals surface area contributed by atoms with Gasteiger partial charge in [0.2, 0.25) is 5.78 Å². The maximum Gasteiger partial charge on any atom is 0.219 e. The van der Waals surface area contributed by atoms with Gasteiger partial charge in [0.1, 0.15) is 6.54 Å². The minimum Gasteiger partial charge on any atom is -0.378 e. The van der Waals surface area contributed by atoms with E-state index in [1.165, 1.54) is 0 Å². The Morgan fingerprint density at radius 2 is 2.15 bits per heavy atom. The summed E-state index contributed by atoms with van der Waals surface area (Å²) in [5, 5.41) is 0. The van der Waals surface area contributed by atoms with Crippen LogP contribution in [0.1, 0.15) is 0 Å². The summed E-state index contributed by atoms with van der Waals surface area (Å²) in [6.07, 6.45) is 2.47. The predicted octanol–water partition coefficient (Wildman–Crippen LogP) is -0.795. The van der Waals surface area contributed by atoms with Crippen molar-refractivity contribution in [2.75, 3.05) is 32.8 Å². The van der Waals surface area contributed by atoms with Gasteiger partial charge < -0.3 is 9.64 Å². The van der Waals surface area contributed by atoms with Crippen LogP contribution in [-0.2, 0) is 9.53 Å². The molecule has 0 N–H and O–H groups in total. The highest BCUT2D eigenvalue weighted by Gasteiger charge is 2.22. The molecule has 2 aliphatic heterocycles. The van der Waals surface area contributed by atoms with E-state index in [0.29, 0.717) is 19.0 Å². The van der Waals surface area contributed by atoms with Crippen molar-refractivity contribution < 1.29 is 9.53 Å². The second-order valence-corrected chi connectivity index (χ2v) is 2.87. The first-order valence-corrected chi connectivity index (χ1v) is 4.23. The SMILES string of the molecule is O=C1CN=[C]N=C1N1CCOCC1. The predicted molar refractivity (Wildman–Crippen MR) is 47.1 cm³/mol. The summed E-state index contributed by atoms with van der Waals surface area (Å²) < 4.78 is 5.17. The molecule has 69 valence electrons. The Balaban J connectivity index is 2.09. The van der Waals surface area contributed by atoms with E-state index in [2.05, 4.69) is 16.3 Å². The summed E-state index contributed by atoms with van der Waals surface area (Å²) >= 11 is 0. The van der Waals surface area contributed by atoms with Crippen molar-refractivity contribution >= 4 is 18.0 Å². The first-order chi connectivity index (χ1) is 6.38. The lowest BCUT2D eigenvalue weighted by Gasteiger charge is -2.28. The van der Waals surface area contributed by atoms with Crippen molar-refractivity contribution in [3.8, 4) is 0 Å². The second kappa shape index (κ2) is 3.66. The Bertz CT molecular complexity index is 267. The monoisotopic (exact) mass is 180 g/mol.